The van der Waals surface area contributed by atoms with E-state index in [9.17, 15) is 10.2 Å². The molecule has 1 rings (SSSR count). The Morgan fingerprint density at radius 1 is 1.14 bits per heavy atom. The van der Waals surface area contributed by atoms with Crippen LogP contribution in [0.15, 0.2) is 17.0 Å². The van der Waals surface area contributed by atoms with E-state index in [-0.39, 0.29) is 139 Å². The van der Waals surface area contributed by atoms with Gasteiger partial charge >= 0.3 is 51.4 Å². The van der Waals surface area contributed by atoms with E-state index in [1.54, 1.807) is 0 Å². The van der Waals surface area contributed by atoms with Gasteiger partial charge in [-0.2, -0.15) is 0 Å². The minimum Gasteiger partial charge on any atom is -0.677 e. The molecule has 0 heterocycles. The van der Waals surface area contributed by atoms with Crippen molar-refractivity contribution in [1.29, 1.82) is 0 Å². The average molecular weight is 498 g/mol. The van der Waals surface area contributed by atoms with Crippen molar-refractivity contribution >= 4 is 11.8 Å². The van der Waals surface area contributed by atoms with Gasteiger partial charge in [-0.15, -0.1) is 6.54 Å². The molecule has 0 atom stereocenters. The fourth-order valence-corrected chi connectivity index (χ4v) is 3.34. The molecule has 2 radical (unpaired) electrons. The summed E-state index contributed by atoms with van der Waals surface area (Å²) in [4.78, 5) is 0.616. The fraction of sp³-hybridized carbons (Fsp3) is 0.533. The van der Waals surface area contributed by atoms with Gasteiger partial charge in [0.25, 0.3) is 0 Å². The average Bonchev–Trinajstić information content (AvgIpc) is 2.31. The summed E-state index contributed by atoms with van der Waals surface area (Å²) >= 11 is 1.19. The van der Waals surface area contributed by atoms with Crippen LogP contribution in [0.4, 0.5) is 0 Å². The summed E-state index contributed by atoms with van der Waals surface area (Å²) in [7, 11) is 0. The Labute approximate surface area is 231 Å². The first-order valence-corrected chi connectivity index (χ1v) is 7.25. The summed E-state index contributed by atoms with van der Waals surface area (Å²) in [6, 6.07) is 3.35. The summed E-state index contributed by atoms with van der Waals surface area (Å²) in [6.45, 7) is 8.68. The topological polar surface area (TPSA) is 64.3 Å². The molecule has 0 aliphatic rings. The first-order chi connectivity index (χ1) is 8.64. The zero-order chi connectivity index (χ0) is 14.8. The number of phenolic OH excluding ortho intramolecular Hbond substituents is 2. The molecule has 0 bridgehead atoms. The summed E-state index contributed by atoms with van der Waals surface area (Å²) in [5.74, 6) is -0.222. The van der Waals surface area contributed by atoms with Crippen molar-refractivity contribution in [3.05, 3.63) is 29.7 Å². The van der Waals surface area contributed by atoms with Crippen LogP contribution in [0.2, 0.25) is 0 Å². The van der Waals surface area contributed by atoms with E-state index in [2.05, 4.69) is 34.0 Å². The van der Waals surface area contributed by atoms with Crippen LogP contribution in [-0.2, 0) is 70.8 Å². The third-order valence-electron chi connectivity index (χ3n) is 3.38. The zero-order valence-corrected chi connectivity index (χ0v) is 23.8. The van der Waals surface area contributed by atoms with Crippen LogP contribution >= 0.6 is 11.8 Å². The van der Waals surface area contributed by atoms with Gasteiger partial charge in [0.15, 0.2) is 11.5 Å². The molecule has 0 fully saturated rings. The second-order valence-corrected chi connectivity index (χ2v) is 7.05. The summed E-state index contributed by atoms with van der Waals surface area (Å²) in [5.41, 5.74) is 8.28. The molecule has 1 aromatic rings. The van der Waals surface area contributed by atoms with Gasteiger partial charge in [-0.05, 0) is 23.5 Å². The van der Waals surface area contributed by atoms with Crippen molar-refractivity contribution in [3.63, 3.8) is 0 Å². The van der Waals surface area contributed by atoms with Crippen molar-refractivity contribution < 1.29 is 127 Å². The smallest absolute Gasteiger partial charge is 0.677 e. The molecule has 114 valence electrons. The molecule has 0 unspecified atom stereocenters. The number of benzene rings is 1. The van der Waals surface area contributed by atoms with E-state index >= 15 is 0 Å². The van der Waals surface area contributed by atoms with Gasteiger partial charge in [0.05, 0.1) is 0 Å². The zero-order valence-electron chi connectivity index (χ0n) is 14.2. The molecule has 22 heavy (non-hydrogen) atoms. The molecule has 0 saturated heterocycles. The number of nitrogens with one attached hydrogen (secondary N) is 1. The molecule has 0 amide bonds. The van der Waals surface area contributed by atoms with Gasteiger partial charge in [-0.1, -0.05) is 39.2 Å². The predicted octanol–water partition coefficient (Wildman–Crippen LogP) is 1.73. The Bertz CT molecular complexity index is 471. The minimum absolute atomic E-state index is 0. The molecule has 0 aliphatic carbocycles. The molecule has 3 nitrogen and oxygen atoms in total. The Morgan fingerprint density at radius 2 is 1.64 bits per heavy atom. The van der Waals surface area contributed by atoms with Crippen LogP contribution in [0.1, 0.15) is 39.7 Å². The van der Waals surface area contributed by atoms with Gasteiger partial charge in [0, 0.05) is 70.3 Å². The molecule has 0 spiro atoms. The Kier molecular flexibility index (Phi) is 16.7. The number of aromatic hydroxyl groups is 2. The number of hydrogen-bond acceptors (Lipinski definition) is 3. The van der Waals surface area contributed by atoms with E-state index < -0.39 is 0 Å². The maximum Gasteiger partial charge on any atom is 1.00 e. The summed E-state index contributed by atoms with van der Waals surface area (Å²) < 4.78 is 0. The molecule has 3 N–H and O–H groups in total. The predicted molar refractivity (Wildman–Crippen MR) is 81.6 cm³/mol. The van der Waals surface area contributed by atoms with Gasteiger partial charge in [-0.3, -0.25) is 6.26 Å². The number of phenols is 2. The Hall–Kier alpha value is 2.97. The Balaban J connectivity index is -0.00000120. The number of rotatable bonds is 5. The van der Waals surface area contributed by atoms with Crippen LogP contribution < -0.4 is 51.4 Å². The molecular formula is C15H23KNO2SY2-. The molecule has 1 aromatic carbocycles. The van der Waals surface area contributed by atoms with Crippen LogP contribution in [0.25, 0.3) is 5.73 Å². The molecule has 0 aromatic heterocycles. The third-order valence-corrected chi connectivity index (χ3v) is 4.08. The maximum atomic E-state index is 9.95. The van der Waals surface area contributed by atoms with Gasteiger partial charge in [-0.25, -0.2) is 0 Å². The second kappa shape index (κ2) is 12.4. The molecule has 0 saturated carbocycles. The Morgan fingerprint density at radius 3 is 2.05 bits per heavy atom. The third kappa shape index (κ3) is 8.11. The second-order valence-electron chi connectivity index (χ2n) is 6.36. The van der Waals surface area contributed by atoms with Crippen LogP contribution in [0.3, 0.4) is 0 Å². The quantitative estimate of drug-likeness (QED) is 0.282. The minimum atomic E-state index is -0.199. The number of thioether (sulfide) groups is 1. The van der Waals surface area contributed by atoms with Crippen molar-refractivity contribution in [2.24, 2.45) is 5.41 Å². The molecule has 0 aliphatic heterocycles. The van der Waals surface area contributed by atoms with Crippen molar-refractivity contribution in [1.82, 2.24) is 0 Å². The SMILES string of the molecule is [CH2-]Sc1c(C(C)(C)CC(C)(C)C[NH-])ccc(O)c1O.[K+].[Y].[Y]. The van der Waals surface area contributed by atoms with E-state index in [1.165, 1.54) is 17.8 Å². The van der Waals surface area contributed by atoms with E-state index in [0.29, 0.717) is 11.4 Å². The largest absolute Gasteiger partial charge is 1.00 e. The first kappa shape index (κ1) is 29.7. The van der Waals surface area contributed by atoms with Crippen molar-refractivity contribution in [2.75, 3.05) is 6.54 Å². The van der Waals surface area contributed by atoms with Crippen LogP contribution in [0.5, 0.6) is 11.5 Å². The molecular weight excluding hydrogens is 475 g/mol. The van der Waals surface area contributed by atoms with Crippen LogP contribution in [-0.4, -0.2) is 16.8 Å². The molecule has 7 heteroatoms. The van der Waals surface area contributed by atoms with Gasteiger partial charge in [0.2, 0.25) is 0 Å². The van der Waals surface area contributed by atoms with Gasteiger partial charge in [0.1, 0.15) is 0 Å². The summed E-state index contributed by atoms with van der Waals surface area (Å²) in [6.07, 6.45) is 4.58. The fourth-order valence-electron chi connectivity index (χ4n) is 2.59. The van der Waals surface area contributed by atoms with Crippen molar-refractivity contribution in [3.8, 4) is 11.5 Å². The number of hydrogen-bond donors (Lipinski definition) is 2. The van der Waals surface area contributed by atoms with Crippen LogP contribution in [0, 0.1) is 11.7 Å². The first-order valence-electron chi connectivity index (χ1n) is 6.26. The van der Waals surface area contributed by atoms with E-state index in [4.69, 9.17) is 5.73 Å². The summed E-state index contributed by atoms with van der Waals surface area (Å²) in [5, 5.41) is 19.5. The van der Waals surface area contributed by atoms with E-state index in [1.807, 2.05) is 6.07 Å². The van der Waals surface area contributed by atoms with Crippen molar-refractivity contribution in [2.45, 2.75) is 44.4 Å². The normalized spacial score (nSPS) is 11.0. The monoisotopic (exact) mass is 498 g/mol. The maximum absolute atomic E-state index is 9.95. The van der Waals surface area contributed by atoms with E-state index in [0.717, 1.165) is 12.0 Å². The standard InChI is InChI=1S/C15H23NO2S.K.2Y/c1-14(2,9-16)8-15(3,4)10-6-7-11(17)12(18)13(10)19-5;;;/h6-7,16-18H,5,8-9H2,1-4H3;;;/q-2;+1;;. The van der Waals surface area contributed by atoms with Gasteiger partial charge < -0.3 is 27.7 Å².